The summed E-state index contributed by atoms with van der Waals surface area (Å²) < 4.78 is 19.1. The Kier molecular flexibility index (Phi) is 6.77. The largest absolute Gasteiger partial charge is 0.389 e. The zero-order valence-electron chi connectivity index (χ0n) is 17.0. The van der Waals surface area contributed by atoms with Crippen molar-refractivity contribution in [2.45, 2.75) is 52.2 Å². The van der Waals surface area contributed by atoms with Crippen molar-refractivity contribution in [1.82, 2.24) is 4.90 Å². The van der Waals surface area contributed by atoms with Crippen molar-refractivity contribution in [3.05, 3.63) is 30.1 Å². The van der Waals surface area contributed by atoms with E-state index in [1.165, 1.54) is 18.6 Å². The van der Waals surface area contributed by atoms with E-state index in [0.29, 0.717) is 24.5 Å². The second-order valence-electron chi connectivity index (χ2n) is 9.29. The smallest absolute Gasteiger partial charge is 0.123 e. The zero-order valence-corrected chi connectivity index (χ0v) is 17.0. The van der Waals surface area contributed by atoms with Gasteiger partial charge in [0.25, 0.3) is 0 Å². The number of aliphatic hydroxyl groups is 1. The van der Waals surface area contributed by atoms with Crippen LogP contribution in [0.15, 0.2) is 24.3 Å². The molecule has 2 fully saturated rings. The van der Waals surface area contributed by atoms with Crippen LogP contribution in [-0.2, 0) is 4.74 Å². The summed E-state index contributed by atoms with van der Waals surface area (Å²) in [7, 11) is 0. The summed E-state index contributed by atoms with van der Waals surface area (Å²) in [6.45, 7) is 11.6. The monoisotopic (exact) mass is 378 g/mol. The van der Waals surface area contributed by atoms with Gasteiger partial charge in [0.05, 0.1) is 18.8 Å². The number of piperazine rings is 1. The number of ether oxygens (including phenoxy) is 1. The normalized spacial score (nSPS) is 27.5. The summed E-state index contributed by atoms with van der Waals surface area (Å²) in [4.78, 5) is 4.56. The quantitative estimate of drug-likeness (QED) is 0.821. The van der Waals surface area contributed by atoms with Crippen LogP contribution in [-0.4, -0.2) is 61.5 Å². The van der Waals surface area contributed by atoms with Gasteiger partial charge < -0.3 is 14.7 Å². The minimum Gasteiger partial charge on any atom is -0.389 e. The van der Waals surface area contributed by atoms with Crippen molar-refractivity contribution in [1.29, 1.82) is 0 Å². The fourth-order valence-electron chi connectivity index (χ4n) is 4.82. The predicted molar refractivity (Wildman–Crippen MR) is 108 cm³/mol. The number of hydrogen-bond donors (Lipinski definition) is 1. The van der Waals surface area contributed by atoms with Crippen LogP contribution in [0, 0.1) is 17.2 Å². The Morgan fingerprint density at radius 1 is 1.15 bits per heavy atom. The second-order valence-corrected chi connectivity index (χ2v) is 9.29. The topological polar surface area (TPSA) is 35.9 Å². The van der Waals surface area contributed by atoms with Crippen LogP contribution in [0.3, 0.4) is 0 Å². The van der Waals surface area contributed by atoms with Gasteiger partial charge in [-0.1, -0.05) is 20.8 Å². The molecule has 1 aromatic rings. The molecule has 152 valence electrons. The molecule has 1 aliphatic carbocycles. The van der Waals surface area contributed by atoms with Crippen molar-refractivity contribution in [3.8, 4) is 0 Å². The van der Waals surface area contributed by atoms with E-state index < -0.39 is 6.10 Å². The molecular formula is C22H35FN2O2. The fourth-order valence-corrected chi connectivity index (χ4v) is 4.82. The van der Waals surface area contributed by atoms with Crippen molar-refractivity contribution in [2.75, 3.05) is 44.2 Å². The number of rotatable bonds is 6. The van der Waals surface area contributed by atoms with Crippen molar-refractivity contribution < 1.29 is 14.2 Å². The van der Waals surface area contributed by atoms with Gasteiger partial charge in [0.1, 0.15) is 5.82 Å². The van der Waals surface area contributed by atoms with E-state index in [9.17, 15) is 9.50 Å². The van der Waals surface area contributed by atoms with Crippen LogP contribution >= 0.6 is 0 Å². The molecule has 27 heavy (non-hydrogen) atoms. The lowest BCUT2D eigenvalue weighted by atomic mass is 9.71. The van der Waals surface area contributed by atoms with Crippen LogP contribution in [0.25, 0.3) is 0 Å². The third-order valence-corrected chi connectivity index (χ3v) is 5.90. The van der Waals surface area contributed by atoms with Gasteiger partial charge in [-0.3, -0.25) is 4.90 Å². The average Bonchev–Trinajstić information content (AvgIpc) is 2.60. The Hall–Kier alpha value is -1.17. The van der Waals surface area contributed by atoms with Gasteiger partial charge in [0.15, 0.2) is 0 Å². The molecule has 0 unspecified atom stereocenters. The van der Waals surface area contributed by atoms with Crippen LogP contribution in [0.4, 0.5) is 10.1 Å². The van der Waals surface area contributed by atoms with Crippen molar-refractivity contribution in [2.24, 2.45) is 11.3 Å². The number of halogens is 1. The molecule has 1 aliphatic heterocycles. The number of aliphatic hydroxyl groups excluding tert-OH is 1. The van der Waals surface area contributed by atoms with E-state index in [1.54, 1.807) is 0 Å². The summed E-state index contributed by atoms with van der Waals surface area (Å²) in [5.74, 6) is 0.492. The van der Waals surface area contributed by atoms with Gasteiger partial charge in [0, 0.05) is 38.4 Å². The van der Waals surface area contributed by atoms with Crippen LogP contribution in [0.2, 0.25) is 0 Å². The van der Waals surface area contributed by atoms with E-state index in [2.05, 4.69) is 30.6 Å². The van der Waals surface area contributed by atoms with Gasteiger partial charge in [0.2, 0.25) is 0 Å². The molecule has 1 saturated heterocycles. The molecule has 1 heterocycles. The first-order valence-corrected chi connectivity index (χ1v) is 10.3. The molecule has 3 atom stereocenters. The lowest BCUT2D eigenvalue weighted by Crippen LogP contribution is -2.49. The molecule has 5 heteroatoms. The molecule has 1 saturated carbocycles. The highest BCUT2D eigenvalue weighted by atomic mass is 19.1. The van der Waals surface area contributed by atoms with Crippen LogP contribution < -0.4 is 4.90 Å². The van der Waals surface area contributed by atoms with Gasteiger partial charge in [-0.2, -0.15) is 0 Å². The number of nitrogens with zero attached hydrogens (tertiary/aromatic N) is 2. The highest BCUT2D eigenvalue weighted by molar-refractivity contribution is 5.46. The Labute approximate surface area is 163 Å². The molecule has 1 N–H and O–H groups in total. The van der Waals surface area contributed by atoms with Crippen molar-refractivity contribution in [3.63, 3.8) is 0 Å². The number of benzene rings is 1. The van der Waals surface area contributed by atoms with Crippen molar-refractivity contribution >= 4 is 5.69 Å². The summed E-state index contributed by atoms with van der Waals surface area (Å²) >= 11 is 0. The SMILES string of the molecule is C[C@H]1C[C@@H](OC[C@H](O)CN2CCN(c3ccc(F)cc3)CC2)CC(C)(C)C1. The third kappa shape index (κ3) is 6.16. The maximum absolute atomic E-state index is 13.1. The standard InChI is InChI=1S/C22H35FN2O2/c1-17-12-21(14-22(2,3)13-17)27-16-20(26)15-24-8-10-25(11-9-24)19-6-4-18(23)5-7-19/h4-7,17,20-21,26H,8-16H2,1-3H3/t17-,20+,21+/m0/s1. The van der Waals surface area contributed by atoms with E-state index in [-0.39, 0.29) is 11.9 Å². The molecule has 3 rings (SSSR count). The molecule has 0 aromatic heterocycles. The molecule has 0 radical (unpaired) electrons. The zero-order chi connectivity index (χ0) is 19.4. The van der Waals surface area contributed by atoms with E-state index in [0.717, 1.165) is 44.7 Å². The summed E-state index contributed by atoms with van der Waals surface area (Å²) in [5.41, 5.74) is 1.40. The number of anilines is 1. The summed E-state index contributed by atoms with van der Waals surface area (Å²) in [6.07, 6.45) is 3.28. The maximum atomic E-state index is 13.1. The van der Waals surface area contributed by atoms with Gasteiger partial charge in [-0.25, -0.2) is 4.39 Å². The minimum atomic E-state index is -0.442. The van der Waals surface area contributed by atoms with Gasteiger partial charge in [-0.15, -0.1) is 0 Å². The fraction of sp³-hybridized carbons (Fsp3) is 0.727. The van der Waals surface area contributed by atoms with E-state index in [4.69, 9.17) is 4.74 Å². The first-order valence-electron chi connectivity index (χ1n) is 10.3. The number of hydrogen-bond acceptors (Lipinski definition) is 4. The molecule has 0 bridgehead atoms. The highest BCUT2D eigenvalue weighted by Gasteiger charge is 2.32. The molecular weight excluding hydrogens is 343 g/mol. The van der Waals surface area contributed by atoms with E-state index in [1.807, 2.05) is 12.1 Å². The Balaban J connectivity index is 1.38. The molecule has 0 amide bonds. The lowest BCUT2D eigenvalue weighted by Gasteiger charge is -2.39. The van der Waals surface area contributed by atoms with Crippen LogP contribution in [0.5, 0.6) is 0 Å². The van der Waals surface area contributed by atoms with Crippen LogP contribution in [0.1, 0.15) is 40.0 Å². The Morgan fingerprint density at radius 2 is 1.81 bits per heavy atom. The van der Waals surface area contributed by atoms with E-state index >= 15 is 0 Å². The maximum Gasteiger partial charge on any atom is 0.123 e. The molecule has 0 spiro atoms. The average molecular weight is 379 g/mol. The predicted octanol–water partition coefficient (Wildman–Crippen LogP) is 3.54. The summed E-state index contributed by atoms with van der Waals surface area (Å²) in [6, 6.07) is 6.69. The third-order valence-electron chi connectivity index (χ3n) is 5.90. The Bertz CT molecular complexity index is 584. The van der Waals surface area contributed by atoms with Gasteiger partial charge >= 0.3 is 0 Å². The Morgan fingerprint density at radius 3 is 2.44 bits per heavy atom. The summed E-state index contributed by atoms with van der Waals surface area (Å²) in [5, 5.41) is 10.4. The first kappa shape index (κ1) is 20.6. The minimum absolute atomic E-state index is 0.198. The molecule has 4 nitrogen and oxygen atoms in total. The number of β-amino-alcohol motifs (C(OH)–C–C–N with tert-alkyl or cyclic N) is 1. The second kappa shape index (κ2) is 8.89. The first-order chi connectivity index (χ1) is 12.8. The molecule has 1 aromatic carbocycles. The lowest BCUT2D eigenvalue weighted by molar-refractivity contribution is -0.0615. The molecule has 2 aliphatic rings. The van der Waals surface area contributed by atoms with Gasteiger partial charge in [-0.05, 0) is 54.9 Å². The highest BCUT2D eigenvalue weighted by Crippen LogP contribution is 2.39.